The van der Waals surface area contributed by atoms with Crippen molar-refractivity contribution in [1.29, 1.82) is 0 Å². The number of rotatable bonds is 3. The van der Waals surface area contributed by atoms with Gasteiger partial charge in [0.1, 0.15) is 0 Å². The van der Waals surface area contributed by atoms with Crippen molar-refractivity contribution >= 4 is 5.91 Å². The molecule has 1 amide bonds. The first-order chi connectivity index (χ1) is 12.5. The molecule has 6 rings (SSSR count). The molecular formula is C23H32N2O. The van der Waals surface area contributed by atoms with Crippen LogP contribution >= 0.6 is 0 Å². The summed E-state index contributed by atoms with van der Waals surface area (Å²) in [7, 11) is 0. The molecule has 1 aliphatic heterocycles. The molecule has 26 heavy (non-hydrogen) atoms. The Hall–Kier alpha value is -1.35. The minimum atomic E-state index is -0.130. The Balaban J connectivity index is 1.46. The number of amides is 1. The van der Waals surface area contributed by atoms with E-state index in [0.717, 1.165) is 51.1 Å². The molecule has 5 aliphatic rings. The van der Waals surface area contributed by atoms with E-state index in [4.69, 9.17) is 0 Å². The van der Waals surface area contributed by atoms with Crippen LogP contribution in [0.3, 0.4) is 0 Å². The normalized spacial score (nSPS) is 42.0. The monoisotopic (exact) mass is 352 g/mol. The molecule has 0 spiro atoms. The number of carbonyl (C=O) groups excluding carboxylic acids is 1. The van der Waals surface area contributed by atoms with E-state index >= 15 is 0 Å². The number of carbonyl (C=O) groups is 1. The lowest BCUT2D eigenvalue weighted by Gasteiger charge is -2.65. The maximum atomic E-state index is 13.5. The van der Waals surface area contributed by atoms with E-state index in [0.29, 0.717) is 17.4 Å². The maximum absolute atomic E-state index is 13.5. The summed E-state index contributed by atoms with van der Waals surface area (Å²) in [5.41, 5.74) is 1.91. The first-order valence-corrected chi connectivity index (χ1v) is 10.6. The van der Waals surface area contributed by atoms with Gasteiger partial charge >= 0.3 is 0 Å². The average Bonchev–Trinajstić information content (AvgIpc) is 2.61. The third-order valence-electron chi connectivity index (χ3n) is 7.89. The van der Waals surface area contributed by atoms with Gasteiger partial charge in [-0.3, -0.25) is 4.79 Å². The van der Waals surface area contributed by atoms with Crippen LogP contribution in [0, 0.1) is 16.7 Å². The quantitative estimate of drug-likeness (QED) is 0.869. The molecule has 0 aromatic heterocycles. The van der Waals surface area contributed by atoms with E-state index in [1.807, 2.05) is 0 Å². The van der Waals surface area contributed by atoms with E-state index in [9.17, 15) is 4.79 Å². The highest BCUT2D eigenvalue weighted by Gasteiger charge is 2.64. The number of hydrogen-bond donors (Lipinski definition) is 2. The van der Waals surface area contributed by atoms with Gasteiger partial charge in [-0.15, -0.1) is 0 Å². The van der Waals surface area contributed by atoms with Crippen LogP contribution in [-0.4, -0.2) is 25.0 Å². The molecule has 4 saturated carbocycles. The van der Waals surface area contributed by atoms with Crippen LogP contribution in [0.4, 0.5) is 0 Å². The second kappa shape index (κ2) is 5.82. The van der Waals surface area contributed by atoms with Crippen molar-refractivity contribution in [3.8, 4) is 0 Å². The highest BCUT2D eigenvalue weighted by molar-refractivity contribution is 5.84. The highest BCUT2D eigenvalue weighted by Crippen LogP contribution is 2.70. The summed E-state index contributed by atoms with van der Waals surface area (Å²) >= 11 is 0. The molecule has 4 atom stereocenters. The van der Waals surface area contributed by atoms with Crippen LogP contribution in [0.5, 0.6) is 0 Å². The van der Waals surface area contributed by atoms with E-state index in [1.54, 1.807) is 0 Å². The molecule has 4 aliphatic carbocycles. The van der Waals surface area contributed by atoms with E-state index < -0.39 is 0 Å². The van der Waals surface area contributed by atoms with Crippen molar-refractivity contribution in [3.05, 3.63) is 35.9 Å². The van der Waals surface area contributed by atoms with Crippen molar-refractivity contribution in [2.75, 3.05) is 13.1 Å². The van der Waals surface area contributed by atoms with Gasteiger partial charge in [0.25, 0.3) is 0 Å². The summed E-state index contributed by atoms with van der Waals surface area (Å²) in [6.45, 7) is 4.53. The van der Waals surface area contributed by atoms with Gasteiger partial charge in [-0.05, 0) is 86.8 Å². The molecule has 2 N–H and O–H groups in total. The van der Waals surface area contributed by atoms with Gasteiger partial charge in [-0.2, -0.15) is 0 Å². The van der Waals surface area contributed by atoms with Gasteiger partial charge in [0.05, 0.1) is 5.41 Å². The van der Waals surface area contributed by atoms with Gasteiger partial charge in [-0.1, -0.05) is 37.3 Å². The summed E-state index contributed by atoms with van der Waals surface area (Å²) in [6, 6.07) is 11.5. The topological polar surface area (TPSA) is 41.1 Å². The molecule has 1 aromatic rings. The zero-order valence-electron chi connectivity index (χ0n) is 16.0. The van der Waals surface area contributed by atoms with Crippen LogP contribution < -0.4 is 10.6 Å². The number of piperidine rings is 1. The van der Waals surface area contributed by atoms with Gasteiger partial charge in [0.2, 0.25) is 5.91 Å². The fraction of sp³-hybridized carbons (Fsp3) is 0.696. The predicted octanol–water partition coefficient (Wildman–Crippen LogP) is 3.78. The molecule has 0 radical (unpaired) electrons. The Bertz CT molecular complexity index is 697. The Labute approximate surface area is 157 Å². The van der Waals surface area contributed by atoms with Crippen LogP contribution in [0.25, 0.3) is 0 Å². The molecule has 3 heteroatoms. The fourth-order valence-corrected chi connectivity index (χ4v) is 7.59. The molecule has 4 bridgehead atoms. The van der Waals surface area contributed by atoms with Crippen molar-refractivity contribution in [1.82, 2.24) is 10.6 Å². The zero-order chi connectivity index (χ0) is 17.8. The summed E-state index contributed by atoms with van der Waals surface area (Å²) in [5, 5.41) is 6.89. The van der Waals surface area contributed by atoms with Gasteiger partial charge in [0, 0.05) is 6.04 Å². The lowest BCUT2D eigenvalue weighted by atomic mass is 9.38. The second-order valence-electron chi connectivity index (χ2n) is 10.2. The summed E-state index contributed by atoms with van der Waals surface area (Å²) in [4.78, 5) is 13.5. The first-order valence-electron chi connectivity index (χ1n) is 10.6. The van der Waals surface area contributed by atoms with Crippen LogP contribution in [0.1, 0.15) is 63.9 Å². The third-order valence-corrected chi connectivity index (χ3v) is 7.89. The number of benzene rings is 1. The van der Waals surface area contributed by atoms with Gasteiger partial charge in [-0.25, -0.2) is 0 Å². The Morgan fingerprint density at radius 1 is 1.04 bits per heavy atom. The second-order valence-corrected chi connectivity index (χ2v) is 10.2. The minimum Gasteiger partial charge on any atom is -0.353 e. The Morgan fingerprint density at radius 2 is 1.81 bits per heavy atom. The van der Waals surface area contributed by atoms with E-state index in [-0.39, 0.29) is 10.8 Å². The van der Waals surface area contributed by atoms with Crippen molar-refractivity contribution < 1.29 is 4.79 Å². The molecule has 1 heterocycles. The van der Waals surface area contributed by atoms with Crippen LogP contribution in [0.2, 0.25) is 0 Å². The zero-order valence-corrected chi connectivity index (χ0v) is 16.0. The molecular weight excluding hydrogens is 320 g/mol. The molecule has 140 valence electrons. The lowest BCUT2D eigenvalue weighted by Crippen LogP contribution is -2.63. The van der Waals surface area contributed by atoms with Gasteiger partial charge in [0.15, 0.2) is 0 Å². The number of nitrogens with one attached hydrogen (secondary N) is 2. The van der Waals surface area contributed by atoms with E-state index in [2.05, 4.69) is 47.9 Å². The number of hydrogen-bond acceptors (Lipinski definition) is 2. The fourth-order valence-electron chi connectivity index (χ4n) is 7.59. The molecule has 5 fully saturated rings. The largest absolute Gasteiger partial charge is 0.353 e. The highest BCUT2D eigenvalue weighted by atomic mass is 16.2. The van der Waals surface area contributed by atoms with E-state index in [1.165, 1.54) is 24.8 Å². The molecule has 2 unspecified atom stereocenters. The van der Waals surface area contributed by atoms with Crippen molar-refractivity contribution in [3.63, 3.8) is 0 Å². The third kappa shape index (κ3) is 2.62. The molecule has 3 nitrogen and oxygen atoms in total. The minimum absolute atomic E-state index is 0.130. The summed E-state index contributed by atoms with van der Waals surface area (Å²) in [5.74, 6) is 1.09. The van der Waals surface area contributed by atoms with Crippen LogP contribution in [-0.2, 0) is 10.2 Å². The standard InChI is InChI=1S/C23H32N2O/c1-21-11-17-12-22(14-21,18-5-3-2-4-6-18)16-23(13-17,15-21)20(26)25-19-7-9-24-10-8-19/h2-6,17,19,24H,7-16H2,1H3,(H,25,26)/t17?,21-,22-,23?/m1/s1. The average molecular weight is 353 g/mol. The maximum Gasteiger partial charge on any atom is 0.226 e. The van der Waals surface area contributed by atoms with Crippen molar-refractivity contribution in [2.24, 2.45) is 16.7 Å². The molecule has 1 saturated heterocycles. The summed E-state index contributed by atoms with van der Waals surface area (Å²) in [6.07, 6.45) is 9.31. The first kappa shape index (κ1) is 16.8. The molecule has 1 aromatic carbocycles. The lowest BCUT2D eigenvalue weighted by molar-refractivity contribution is -0.161. The predicted molar refractivity (Wildman–Crippen MR) is 104 cm³/mol. The SMILES string of the molecule is C[C@]12CC3CC(C(=O)NC4CCNCC4)(C1)C[C@@](c1ccccc1)(C3)C2. The smallest absolute Gasteiger partial charge is 0.226 e. The summed E-state index contributed by atoms with van der Waals surface area (Å²) < 4.78 is 0. The van der Waals surface area contributed by atoms with Gasteiger partial charge < -0.3 is 10.6 Å². The Kier molecular flexibility index (Phi) is 3.76. The Morgan fingerprint density at radius 3 is 2.54 bits per heavy atom. The van der Waals surface area contributed by atoms with Crippen molar-refractivity contribution in [2.45, 2.75) is 69.7 Å². The van der Waals surface area contributed by atoms with Crippen LogP contribution in [0.15, 0.2) is 30.3 Å².